The lowest BCUT2D eigenvalue weighted by molar-refractivity contribution is -0.118. The fraction of sp³-hybridized carbons (Fsp3) is 0.136. The van der Waals surface area contributed by atoms with Gasteiger partial charge in [0.05, 0.1) is 17.0 Å². The summed E-state index contributed by atoms with van der Waals surface area (Å²) in [5.74, 6) is 0.120. The molecule has 2 heterocycles. The van der Waals surface area contributed by atoms with Gasteiger partial charge in [-0.1, -0.05) is 60.3 Å². The Morgan fingerprint density at radius 3 is 2.52 bits per heavy atom. The van der Waals surface area contributed by atoms with Crippen molar-refractivity contribution in [2.75, 3.05) is 12.3 Å². The van der Waals surface area contributed by atoms with E-state index in [0.29, 0.717) is 21.9 Å². The van der Waals surface area contributed by atoms with Gasteiger partial charge in [-0.2, -0.15) is 0 Å². The van der Waals surface area contributed by atoms with Gasteiger partial charge in [0, 0.05) is 6.54 Å². The van der Waals surface area contributed by atoms with Gasteiger partial charge in [0.2, 0.25) is 5.91 Å². The van der Waals surface area contributed by atoms with Crippen LogP contribution in [-0.4, -0.2) is 27.8 Å². The lowest BCUT2D eigenvalue weighted by atomic mass is 10.1. The predicted octanol–water partition coefficient (Wildman–Crippen LogP) is 3.90. The van der Waals surface area contributed by atoms with E-state index in [2.05, 4.69) is 10.3 Å². The van der Waals surface area contributed by atoms with Crippen LogP contribution in [0.25, 0.3) is 15.9 Å². The summed E-state index contributed by atoms with van der Waals surface area (Å²) >= 11 is 2.65. The Morgan fingerprint density at radius 1 is 1.03 bits per heavy atom. The van der Waals surface area contributed by atoms with E-state index in [9.17, 15) is 9.59 Å². The number of carbonyl (C=O) groups is 1. The number of aromatic nitrogens is 2. The Bertz CT molecular complexity index is 1170. The maximum absolute atomic E-state index is 13.0. The first-order valence-corrected chi connectivity index (χ1v) is 11.1. The van der Waals surface area contributed by atoms with Crippen LogP contribution in [0, 0.1) is 0 Å². The molecule has 7 heteroatoms. The van der Waals surface area contributed by atoms with E-state index in [4.69, 9.17) is 0 Å². The summed E-state index contributed by atoms with van der Waals surface area (Å²) < 4.78 is 2.20. The number of nitrogens with zero attached hydrogens (tertiary/aromatic N) is 2. The minimum Gasteiger partial charge on any atom is -0.355 e. The van der Waals surface area contributed by atoms with Gasteiger partial charge < -0.3 is 5.32 Å². The van der Waals surface area contributed by atoms with Crippen molar-refractivity contribution in [2.24, 2.45) is 0 Å². The third-order valence-electron chi connectivity index (χ3n) is 4.37. The van der Waals surface area contributed by atoms with Crippen molar-refractivity contribution >= 4 is 39.2 Å². The van der Waals surface area contributed by atoms with Crippen LogP contribution in [0.1, 0.15) is 5.56 Å². The number of thiophene rings is 1. The number of thioether (sulfide) groups is 1. The summed E-state index contributed by atoms with van der Waals surface area (Å²) in [6.07, 6.45) is 0.783. The fourth-order valence-electron chi connectivity index (χ4n) is 2.97. The van der Waals surface area contributed by atoms with Crippen LogP contribution >= 0.6 is 23.1 Å². The number of nitrogens with one attached hydrogen (secondary N) is 1. The Balaban J connectivity index is 1.48. The highest BCUT2D eigenvalue weighted by atomic mass is 32.2. The monoisotopic (exact) mass is 421 g/mol. The molecule has 0 fully saturated rings. The molecular weight excluding hydrogens is 402 g/mol. The van der Waals surface area contributed by atoms with Crippen molar-refractivity contribution in [1.29, 1.82) is 0 Å². The van der Waals surface area contributed by atoms with Crippen molar-refractivity contribution in [3.63, 3.8) is 0 Å². The summed E-state index contributed by atoms with van der Waals surface area (Å²) in [4.78, 5) is 29.9. The lowest BCUT2D eigenvalue weighted by Crippen LogP contribution is -2.28. The van der Waals surface area contributed by atoms with Crippen molar-refractivity contribution in [3.05, 3.63) is 88.0 Å². The largest absolute Gasteiger partial charge is 0.355 e. The zero-order valence-corrected chi connectivity index (χ0v) is 17.2. The van der Waals surface area contributed by atoms with Crippen LogP contribution in [0.4, 0.5) is 0 Å². The summed E-state index contributed by atoms with van der Waals surface area (Å²) in [6.45, 7) is 0.575. The molecule has 0 aliphatic heterocycles. The molecule has 0 aliphatic carbocycles. The average Bonchev–Trinajstić information content (AvgIpc) is 3.23. The fourth-order valence-corrected chi connectivity index (χ4v) is 4.57. The van der Waals surface area contributed by atoms with Gasteiger partial charge in [0.15, 0.2) is 5.16 Å². The zero-order valence-electron chi connectivity index (χ0n) is 15.6. The molecule has 0 saturated carbocycles. The van der Waals surface area contributed by atoms with Crippen LogP contribution in [0.15, 0.2) is 82.1 Å². The molecule has 0 unspecified atom stereocenters. The zero-order chi connectivity index (χ0) is 20.1. The van der Waals surface area contributed by atoms with Crippen LogP contribution in [-0.2, 0) is 11.2 Å². The summed E-state index contributed by atoms with van der Waals surface area (Å²) in [5, 5.41) is 5.31. The first-order chi connectivity index (χ1) is 14.2. The summed E-state index contributed by atoms with van der Waals surface area (Å²) in [6, 6.07) is 21.3. The molecule has 5 nitrogen and oxygen atoms in total. The first kappa shape index (κ1) is 19.4. The Morgan fingerprint density at radius 2 is 1.76 bits per heavy atom. The van der Waals surface area contributed by atoms with E-state index in [-0.39, 0.29) is 17.2 Å². The molecule has 4 rings (SSSR count). The van der Waals surface area contributed by atoms with Gasteiger partial charge in [-0.25, -0.2) is 4.98 Å². The molecule has 2 aromatic carbocycles. The van der Waals surface area contributed by atoms with E-state index in [1.165, 1.54) is 28.7 Å². The van der Waals surface area contributed by atoms with Crippen LogP contribution in [0.2, 0.25) is 0 Å². The van der Waals surface area contributed by atoms with Crippen molar-refractivity contribution < 1.29 is 4.79 Å². The Kier molecular flexibility index (Phi) is 6.07. The third kappa shape index (κ3) is 4.58. The second kappa shape index (κ2) is 9.07. The molecule has 1 amide bonds. The molecule has 4 aromatic rings. The smallest absolute Gasteiger partial charge is 0.276 e. The van der Waals surface area contributed by atoms with E-state index in [0.717, 1.165) is 12.1 Å². The number of hydrogen-bond acceptors (Lipinski definition) is 5. The van der Waals surface area contributed by atoms with Crippen LogP contribution in [0.5, 0.6) is 0 Å². The second-order valence-electron chi connectivity index (χ2n) is 6.38. The lowest BCUT2D eigenvalue weighted by Gasteiger charge is -2.12. The SMILES string of the molecule is O=C(CSc1nc2ccsc2c(=O)n1-c1ccccc1)NCCc1ccccc1. The quantitative estimate of drug-likeness (QED) is 0.363. The highest BCUT2D eigenvalue weighted by molar-refractivity contribution is 7.99. The van der Waals surface area contributed by atoms with Gasteiger partial charge in [-0.05, 0) is 35.6 Å². The molecule has 0 saturated heterocycles. The second-order valence-corrected chi connectivity index (χ2v) is 8.24. The standard InChI is InChI=1S/C22H19N3O2S2/c26-19(23-13-11-16-7-3-1-4-8-16)15-29-22-24-18-12-14-28-20(18)21(27)25(22)17-9-5-2-6-10-17/h1-10,12,14H,11,13,15H2,(H,23,26). The molecule has 0 radical (unpaired) electrons. The van der Waals surface area contributed by atoms with Gasteiger partial charge >= 0.3 is 0 Å². The normalized spacial score (nSPS) is 10.9. The minimum atomic E-state index is -0.108. The number of fused-ring (bicyclic) bond motifs is 1. The highest BCUT2D eigenvalue weighted by Gasteiger charge is 2.15. The van der Waals surface area contributed by atoms with E-state index < -0.39 is 0 Å². The molecule has 0 atom stereocenters. The third-order valence-corrected chi connectivity index (χ3v) is 6.20. The van der Waals surface area contributed by atoms with Gasteiger partial charge in [-0.15, -0.1) is 11.3 Å². The van der Waals surface area contributed by atoms with E-state index in [1.54, 1.807) is 4.57 Å². The molecule has 1 N–H and O–H groups in total. The maximum Gasteiger partial charge on any atom is 0.276 e. The molecule has 146 valence electrons. The molecule has 0 spiro atoms. The average molecular weight is 422 g/mol. The van der Waals surface area contributed by atoms with Crippen LogP contribution in [0.3, 0.4) is 0 Å². The Hall–Kier alpha value is -2.90. The van der Waals surface area contributed by atoms with Crippen molar-refractivity contribution in [1.82, 2.24) is 14.9 Å². The molecule has 0 bridgehead atoms. The molecule has 29 heavy (non-hydrogen) atoms. The van der Waals surface area contributed by atoms with Crippen molar-refractivity contribution in [3.8, 4) is 5.69 Å². The molecular formula is C22H19N3O2S2. The van der Waals surface area contributed by atoms with E-state index in [1.807, 2.05) is 72.1 Å². The summed E-state index contributed by atoms with van der Waals surface area (Å²) in [5.41, 5.74) is 2.48. The number of para-hydroxylation sites is 1. The predicted molar refractivity (Wildman–Crippen MR) is 119 cm³/mol. The first-order valence-electron chi connectivity index (χ1n) is 9.21. The van der Waals surface area contributed by atoms with Gasteiger partial charge in [0.1, 0.15) is 4.70 Å². The number of benzene rings is 2. The van der Waals surface area contributed by atoms with Crippen molar-refractivity contribution in [2.45, 2.75) is 11.6 Å². The molecule has 0 aliphatic rings. The highest BCUT2D eigenvalue weighted by Crippen LogP contribution is 2.23. The Labute approximate surface area is 176 Å². The number of hydrogen-bond donors (Lipinski definition) is 1. The summed E-state index contributed by atoms with van der Waals surface area (Å²) in [7, 11) is 0. The number of carbonyl (C=O) groups excluding carboxylic acids is 1. The minimum absolute atomic E-state index is 0.0785. The van der Waals surface area contributed by atoms with Crippen LogP contribution < -0.4 is 10.9 Å². The van der Waals surface area contributed by atoms with Gasteiger partial charge in [0.25, 0.3) is 5.56 Å². The van der Waals surface area contributed by atoms with Gasteiger partial charge in [-0.3, -0.25) is 14.2 Å². The topological polar surface area (TPSA) is 64.0 Å². The number of amides is 1. The maximum atomic E-state index is 13.0. The molecule has 2 aromatic heterocycles. The number of rotatable bonds is 7. The van der Waals surface area contributed by atoms with E-state index >= 15 is 0 Å².